The molecule has 0 spiro atoms. The van der Waals surface area contributed by atoms with Crippen LogP contribution in [0.2, 0.25) is 0 Å². The molecule has 4 heteroatoms. The Balaban J connectivity index is 2.16. The summed E-state index contributed by atoms with van der Waals surface area (Å²) < 4.78 is 5.80. The van der Waals surface area contributed by atoms with Gasteiger partial charge in [0.05, 0.1) is 0 Å². The van der Waals surface area contributed by atoms with E-state index in [0.717, 1.165) is 42.1 Å². The first kappa shape index (κ1) is 14.5. The van der Waals surface area contributed by atoms with Gasteiger partial charge < -0.3 is 10.1 Å². The average Bonchev–Trinajstić information content (AvgIpc) is 2.47. The predicted molar refractivity (Wildman–Crippen MR) is 80.0 cm³/mol. The van der Waals surface area contributed by atoms with E-state index < -0.39 is 0 Å². The first-order valence-electron chi connectivity index (χ1n) is 7.03. The number of nitrogens with zero attached hydrogens (tertiary/aromatic N) is 2. The van der Waals surface area contributed by atoms with Gasteiger partial charge in [-0.1, -0.05) is 32.0 Å². The fourth-order valence-electron chi connectivity index (χ4n) is 1.95. The van der Waals surface area contributed by atoms with Crippen LogP contribution in [0.3, 0.4) is 0 Å². The molecule has 0 unspecified atom stereocenters. The van der Waals surface area contributed by atoms with E-state index >= 15 is 0 Å². The van der Waals surface area contributed by atoms with Gasteiger partial charge in [-0.05, 0) is 31.5 Å². The molecule has 0 fully saturated rings. The van der Waals surface area contributed by atoms with E-state index in [-0.39, 0.29) is 0 Å². The molecule has 0 saturated carbocycles. The number of nitrogens with one attached hydrogen (secondary N) is 1. The van der Waals surface area contributed by atoms with Crippen LogP contribution in [0.1, 0.15) is 30.7 Å². The van der Waals surface area contributed by atoms with Gasteiger partial charge in [0, 0.05) is 24.0 Å². The van der Waals surface area contributed by atoms with Crippen molar-refractivity contribution in [2.75, 3.05) is 6.54 Å². The lowest BCUT2D eigenvalue weighted by Crippen LogP contribution is -2.13. The summed E-state index contributed by atoms with van der Waals surface area (Å²) in [6.45, 7) is 7.88. The second-order valence-electron chi connectivity index (χ2n) is 4.61. The van der Waals surface area contributed by atoms with Crippen LogP contribution >= 0.6 is 0 Å². The van der Waals surface area contributed by atoms with Crippen LogP contribution in [0.5, 0.6) is 11.8 Å². The average molecular weight is 271 g/mol. The summed E-state index contributed by atoms with van der Waals surface area (Å²) in [6.07, 6.45) is 2.75. The first-order chi connectivity index (χ1) is 9.74. The predicted octanol–water partition coefficient (Wildman–Crippen LogP) is 3.25. The van der Waals surface area contributed by atoms with Crippen LogP contribution in [0, 0.1) is 6.92 Å². The maximum atomic E-state index is 5.80. The largest absolute Gasteiger partial charge is 0.424 e. The molecule has 2 rings (SSSR count). The molecule has 0 saturated heterocycles. The molecule has 0 radical (unpaired) electrons. The molecule has 2 aromatic rings. The van der Waals surface area contributed by atoms with Gasteiger partial charge in [-0.15, -0.1) is 0 Å². The number of rotatable bonds is 6. The van der Waals surface area contributed by atoms with Crippen LogP contribution in [0.4, 0.5) is 0 Å². The highest BCUT2D eigenvalue weighted by atomic mass is 16.5. The van der Waals surface area contributed by atoms with E-state index in [1.165, 1.54) is 0 Å². The van der Waals surface area contributed by atoms with Crippen LogP contribution < -0.4 is 10.1 Å². The highest BCUT2D eigenvalue weighted by Gasteiger charge is 2.07. The van der Waals surface area contributed by atoms with Crippen LogP contribution in [-0.2, 0) is 13.0 Å². The third-order valence-corrected chi connectivity index (χ3v) is 3.18. The van der Waals surface area contributed by atoms with Gasteiger partial charge in [-0.2, -0.15) is 4.98 Å². The zero-order chi connectivity index (χ0) is 14.4. The third-order valence-electron chi connectivity index (χ3n) is 3.18. The molecule has 1 aromatic carbocycles. The van der Waals surface area contributed by atoms with E-state index in [1.54, 1.807) is 0 Å². The standard InChI is InChI=1S/C16H21N3O/c1-4-13-8-6-7-9-15(13)20-16-18-11-14(10-17-5-2)12(3)19-16/h6-9,11,17H,4-5,10H2,1-3H3. The number of ether oxygens (including phenoxy) is 1. The minimum Gasteiger partial charge on any atom is -0.424 e. The maximum absolute atomic E-state index is 5.80. The molecule has 0 bridgehead atoms. The Morgan fingerprint density at radius 2 is 1.95 bits per heavy atom. The quantitative estimate of drug-likeness (QED) is 0.876. The van der Waals surface area contributed by atoms with Crippen molar-refractivity contribution in [1.29, 1.82) is 0 Å². The summed E-state index contributed by atoms with van der Waals surface area (Å²) in [5.41, 5.74) is 3.21. The Bertz CT molecular complexity index is 569. The monoisotopic (exact) mass is 271 g/mol. The SMILES string of the molecule is CCNCc1cnc(Oc2ccccc2CC)nc1C. The van der Waals surface area contributed by atoms with E-state index in [4.69, 9.17) is 4.74 Å². The van der Waals surface area contributed by atoms with Gasteiger partial charge in [-0.25, -0.2) is 4.98 Å². The molecular formula is C16H21N3O. The summed E-state index contributed by atoms with van der Waals surface area (Å²) in [4.78, 5) is 8.71. The van der Waals surface area contributed by atoms with Crippen molar-refractivity contribution in [2.45, 2.75) is 33.7 Å². The molecule has 1 heterocycles. The highest BCUT2D eigenvalue weighted by Crippen LogP contribution is 2.23. The molecule has 0 aliphatic rings. The summed E-state index contributed by atoms with van der Waals surface area (Å²) in [5, 5.41) is 3.27. The molecule has 1 aromatic heterocycles. The summed E-state index contributed by atoms with van der Waals surface area (Å²) >= 11 is 0. The molecule has 0 atom stereocenters. The minimum atomic E-state index is 0.406. The van der Waals surface area contributed by atoms with Crippen molar-refractivity contribution in [3.63, 3.8) is 0 Å². The molecular weight excluding hydrogens is 250 g/mol. The van der Waals surface area contributed by atoms with E-state index in [9.17, 15) is 0 Å². The molecule has 0 aliphatic carbocycles. The Hall–Kier alpha value is -1.94. The number of para-hydroxylation sites is 1. The number of hydrogen-bond donors (Lipinski definition) is 1. The van der Waals surface area contributed by atoms with Crippen LogP contribution in [0.15, 0.2) is 30.5 Å². The molecule has 0 amide bonds. The lowest BCUT2D eigenvalue weighted by atomic mass is 10.1. The topological polar surface area (TPSA) is 47.0 Å². The summed E-state index contributed by atoms with van der Waals surface area (Å²) in [6, 6.07) is 8.38. The summed E-state index contributed by atoms with van der Waals surface area (Å²) in [5.74, 6) is 0.828. The molecule has 4 nitrogen and oxygen atoms in total. The Kier molecular flexibility index (Phi) is 5.07. The number of aryl methyl sites for hydroxylation is 2. The van der Waals surface area contributed by atoms with Crippen LogP contribution in [-0.4, -0.2) is 16.5 Å². The fourth-order valence-corrected chi connectivity index (χ4v) is 1.95. The van der Waals surface area contributed by atoms with E-state index in [2.05, 4.69) is 35.2 Å². The number of hydrogen-bond acceptors (Lipinski definition) is 4. The Morgan fingerprint density at radius 3 is 2.65 bits per heavy atom. The normalized spacial score (nSPS) is 10.6. The molecule has 20 heavy (non-hydrogen) atoms. The van der Waals surface area contributed by atoms with Gasteiger partial charge in [0.1, 0.15) is 5.75 Å². The van der Waals surface area contributed by atoms with E-state index in [1.807, 2.05) is 31.3 Å². The maximum Gasteiger partial charge on any atom is 0.322 e. The van der Waals surface area contributed by atoms with E-state index in [0.29, 0.717) is 6.01 Å². The van der Waals surface area contributed by atoms with Gasteiger partial charge in [0.15, 0.2) is 0 Å². The highest BCUT2D eigenvalue weighted by molar-refractivity contribution is 5.35. The van der Waals surface area contributed by atoms with Gasteiger partial charge in [-0.3, -0.25) is 0 Å². The molecule has 1 N–H and O–H groups in total. The molecule has 106 valence electrons. The first-order valence-corrected chi connectivity index (χ1v) is 7.03. The fraction of sp³-hybridized carbons (Fsp3) is 0.375. The van der Waals surface area contributed by atoms with Gasteiger partial charge in [0.2, 0.25) is 0 Å². The molecule has 0 aliphatic heterocycles. The zero-order valence-corrected chi connectivity index (χ0v) is 12.3. The lowest BCUT2D eigenvalue weighted by Gasteiger charge is -2.10. The smallest absolute Gasteiger partial charge is 0.322 e. The van der Waals surface area contributed by atoms with Gasteiger partial charge in [0.25, 0.3) is 0 Å². The lowest BCUT2D eigenvalue weighted by molar-refractivity contribution is 0.434. The van der Waals surface area contributed by atoms with Gasteiger partial charge >= 0.3 is 6.01 Å². The van der Waals surface area contributed by atoms with Crippen molar-refractivity contribution in [3.8, 4) is 11.8 Å². The van der Waals surface area contributed by atoms with Crippen molar-refractivity contribution >= 4 is 0 Å². The zero-order valence-electron chi connectivity index (χ0n) is 12.3. The second kappa shape index (κ2) is 7.01. The number of aromatic nitrogens is 2. The van der Waals surface area contributed by atoms with Crippen LogP contribution in [0.25, 0.3) is 0 Å². The minimum absolute atomic E-state index is 0.406. The Morgan fingerprint density at radius 1 is 1.15 bits per heavy atom. The van der Waals surface area contributed by atoms with Crippen molar-refractivity contribution in [1.82, 2.24) is 15.3 Å². The second-order valence-corrected chi connectivity index (χ2v) is 4.61. The number of benzene rings is 1. The summed E-state index contributed by atoms with van der Waals surface area (Å²) in [7, 11) is 0. The third kappa shape index (κ3) is 3.54. The van der Waals surface area contributed by atoms with Crippen molar-refractivity contribution in [3.05, 3.63) is 47.3 Å². The van der Waals surface area contributed by atoms with Crippen molar-refractivity contribution in [2.24, 2.45) is 0 Å². The Labute approximate surface area is 120 Å². The van der Waals surface area contributed by atoms with Crippen molar-refractivity contribution < 1.29 is 4.74 Å².